The summed E-state index contributed by atoms with van der Waals surface area (Å²) >= 11 is 0. The average Bonchev–Trinajstić information content (AvgIpc) is 3.05. The number of carbonyl (C=O) groups is 2. The lowest BCUT2D eigenvalue weighted by Crippen LogP contribution is -2.54. The minimum atomic E-state index is -0.902. The summed E-state index contributed by atoms with van der Waals surface area (Å²) in [6, 6.07) is -0.892. The van der Waals surface area contributed by atoms with Crippen LogP contribution >= 0.6 is 0 Å². The van der Waals surface area contributed by atoms with Crippen molar-refractivity contribution in [2.75, 3.05) is 27.2 Å². The molecule has 6 heteroatoms. The van der Waals surface area contributed by atoms with E-state index < -0.39 is 12.0 Å². The maximum atomic E-state index is 12.2. The fourth-order valence-corrected chi connectivity index (χ4v) is 3.42. The smallest absolute Gasteiger partial charge is 0.326 e. The van der Waals surface area contributed by atoms with E-state index in [2.05, 4.69) is 10.2 Å². The van der Waals surface area contributed by atoms with Crippen molar-refractivity contribution in [2.45, 2.75) is 50.1 Å². The van der Waals surface area contributed by atoms with Crippen LogP contribution in [0.15, 0.2) is 0 Å². The van der Waals surface area contributed by atoms with Gasteiger partial charge in [0.25, 0.3) is 0 Å². The van der Waals surface area contributed by atoms with Crippen molar-refractivity contribution >= 4 is 12.0 Å². The predicted octanol–water partition coefficient (Wildman–Crippen LogP) is 1.12. The van der Waals surface area contributed by atoms with E-state index in [0.717, 1.165) is 19.3 Å². The molecule has 1 saturated carbocycles. The summed E-state index contributed by atoms with van der Waals surface area (Å²) in [6.45, 7) is 1.14. The van der Waals surface area contributed by atoms with Crippen LogP contribution in [0, 0.1) is 0 Å². The van der Waals surface area contributed by atoms with Gasteiger partial charge in [0.15, 0.2) is 0 Å². The summed E-state index contributed by atoms with van der Waals surface area (Å²) in [6.07, 6.45) is 5.88. The minimum Gasteiger partial charge on any atom is -0.480 e. The highest BCUT2D eigenvalue weighted by Gasteiger charge is 2.38. The first-order chi connectivity index (χ1) is 9.46. The fraction of sp³-hybridized carbons (Fsp3) is 0.857. The van der Waals surface area contributed by atoms with Gasteiger partial charge in [0.2, 0.25) is 0 Å². The molecule has 1 heterocycles. The van der Waals surface area contributed by atoms with Crippen LogP contribution < -0.4 is 5.32 Å². The Balaban J connectivity index is 1.93. The van der Waals surface area contributed by atoms with Crippen LogP contribution in [-0.2, 0) is 4.79 Å². The van der Waals surface area contributed by atoms with Gasteiger partial charge < -0.3 is 20.2 Å². The van der Waals surface area contributed by atoms with E-state index in [4.69, 9.17) is 5.11 Å². The number of hydrogen-bond donors (Lipinski definition) is 2. The number of likely N-dealkylation sites (tertiary alicyclic amines) is 1. The Kier molecular flexibility index (Phi) is 4.52. The topological polar surface area (TPSA) is 72.9 Å². The number of nitrogens with one attached hydrogen (secondary N) is 1. The first-order valence-electron chi connectivity index (χ1n) is 7.41. The number of carbonyl (C=O) groups excluding carboxylic acids is 1. The highest BCUT2D eigenvalue weighted by atomic mass is 16.4. The van der Waals surface area contributed by atoms with E-state index in [1.165, 1.54) is 17.7 Å². The van der Waals surface area contributed by atoms with Crippen molar-refractivity contribution in [3.05, 3.63) is 0 Å². The minimum absolute atomic E-state index is 0.0358. The van der Waals surface area contributed by atoms with Crippen LogP contribution in [0.3, 0.4) is 0 Å². The van der Waals surface area contributed by atoms with E-state index in [-0.39, 0.29) is 11.6 Å². The number of carboxylic acid groups (broad SMARTS) is 1. The largest absolute Gasteiger partial charge is 0.480 e. The van der Waals surface area contributed by atoms with Crippen LogP contribution in [0.1, 0.15) is 38.5 Å². The second kappa shape index (κ2) is 5.99. The number of carboxylic acids is 1. The number of nitrogens with zero attached hydrogens (tertiary/aromatic N) is 2. The Bertz CT molecular complexity index is 378. The molecule has 0 spiro atoms. The second-order valence-electron chi connectivity index (χ2n) is 6.17. The van der Waals surface area contributed by atoms with Gasteiger partial charge in [0.05, 0.1) is 0 Å². The molecule has 2 rings (SSSR count). The molecule has 1 aliphatic carbocycles. The monoisotopic (exact) mass is 283 g/mol. The lowest BCUT2D eigenvalue weighted by atomic mass is 9.96. The fourth-order valence-electron chi connectivity index (χ4n) is 3.42. The normalized spacial score (nSPS) is 25.1. The van der Waals surface area contributed by atoms with Crippen LogP contribution in [-0.4, -0.2) is 65.7 Å². The third-order valence-electron chi connectivity index (χ3n) is 4.85. The third kappa shape index (κ3) is 2.90. The molecule has 6 nitrogen and oxygen atoms in total. The zero-order chi connectivity index (χ0) is 14.8. The lowest BCUT2D eigenvalue weighted by molar-refractivity contribution is -0.141. The van der Waals surface area contributed by atoms with Crippen molar-refractivity contribution in [1.82, 2.24) is 15.1 Å². The highest BCUT2D eigenvalue weighted by Crippen LogP contribution is 2.33. The van der Waals surface area contributed by atoms with Crippen LogP contribution in [0.5, 0.6) is 0 Å². The standard InChI is InChI=1S/C14H25N3O3/c1-16(2)14(7-3-4-8-14)10-15-13(20)17-9-5-6-11(17)12(18)19/h11H,3-10H2,1-2H3,(H,15,20)(H,18,19). The van der Waals surface area contributed by atoms with Gasteiger partial charge >= 0.3 is 12.0 Å². The number of amides is 2. The van der Waals surface area contributed by atoms with Crippen molar-refractivity contribution < 1.29 is 14.7 Å². The van der Waals surface area contributed by atoms with E-state index >= 15 is 0 Å². The molecule has 2 amide bonds. The second-order valence-corrected chi connectivity index (χ2v) is 6.17. The zero-order valence-electron chi connectivity index (χ0n) is 12.4. The maximum absolute atomic E-state index is 12.2. The molecule has 0 aromatic rings. The highest BCUT2D eigenvalue weighted by molar-refractivity contribution is 5.83. The van der Waals surface area contributed by atoms with Gasteiger partial charge in [-0.2, -0.15) is 0 Å². The molecule has 20 heavy (non-hydrogen) atoms. The summed E-state index contributed by atoms with van der Waals surface area (Å²) in [5.74, 6) is -0.902. The van der Waals surface area contributed by atoms with Crippen LogP contribution in [0.4, 0.5) is 4.79 Å². The van der Waals surface area contributed by atoms with Gasteiger partial charge in [-0.25, -0.2) is 9.59 Å². The van der Waals surface area contributed by atoms with Crippen molar-refractivity contribution in [3.63, 3.8) is 0 Å². The van der Waals surface area contributed by atoms with E-state index in [9.17, 15) is 9.59 Å². The molecular formula is C14H25N3O3. The molecule has 1 unspecified atom stereocenters. The first kappa shape index (κ1) is 15.1. The molecular weight excluding hydrogens is 258 g/mol. The molecule has 1 aliphatic heterocycles. The Hall–Kier alpha value is -1.30. The first-order valence-corrected chi connectivity index (χ1v) is 7.41. The van der Waals surface area contributed by atoms with Gasteiger partial charge in [-0.15, -0.1) is 0 Å². The summed E-state index contributed by atoms with van der Waals surface area (Å²) in [5.41, 5.74) is 0.0358. The molecule has 0 aromatic carbocycles. The van der Waals surface area contributed by atoms with E-state index in [1.54, 1.807) is 0 Å². The molecule has 1 saturated heterocycles. The predicted molar refractivity (Wildman–Crippen MR) is 75.6 cm³/mol. The summed E-state index contributed by atoms with van der Waals surface area (Å²) < 4.78 is 0. The van der Waals surface area contributed by atoms with Gasteiger partial charge in [-0.3, -0.25) is 0 Å². The maximum Gasteiger partial charge on any atom is 0.326 e. The number of urea groups is 1. The summed E-state index contributed by atoms with van der Waals surface area (Å²) in [5, 5.41) is 12.1. The molecule has 2 fully saturated rings. The molecule has 0 bridgehead atoms. The molecule has 0 aromatic heterocycles. The zero-order valence-corrected chi connectivity index (χ0v) is 12.4. The van der Waals surface area contributed by atoms with E-state index in [0.29, 0.717) is 19.5 Å². The third-order valence-corrected chi connectivity index (χ3v) is 4.85. The summed E-state index contributed by atoms with van der Waals surface area (Å²) in [7, 11) is 4.10. The summed E-state index contributed by atoms with van der Waals surface area (Å²) in [4.78, 5) is 27.0. The molecule has 1 atom stereocenters. The lowest BCUT2D eigenvalue weighted by Gasteiger charge is -2.37. The molecule has 2 aliphatic rings. The van der Waals surface area contributed by atoms with Gasteiger partial charge in [0, 0.05) is 18.6 Å². The average molecular weight is 283 g/mol. The Morgan fingerprint density at radius 2 is 1.95 bits per heavy atom. The molecule has 2 N–H and O–H groups in total. The van der Waals surface area contributed by atoms with E-state index in [1.807, 2.05) is 14.1 Å². The van der Waals surface area contributed by atoms with Crippen molar-refractivity contribution in [1.29, 1.82) is 0 Å². The van der Waals surface area contributed by atoms with Gasteiger partial charge in [-0.05, 0) is 39.8 Å². The SMILES string of the molecule is CN(C)C1(CNC(=O)N2CCCC2C(=O)O)CCCC1. The van der Waals surface area contributed by atoms with Crippen LogP contribution in [0.25, 0.3) is 0 Å². The van der Waals surface area contributed by atoms with Gasteiger partial charge in [0.1, 0.15) is 6.04 Å². The van der Waals surface area contributed by atoms with Crippen molar-refractivity contribution in [2.24, 2.45) is 0 Å². The Morgan fingerprint density at radius 3 is 2.50 bits per heavy atom. The number of rotatable bonds is 4. The quantitative estimate of drug-likeness (QED) is 0.811. The van der Waals surface area contributed by atoms with Crippen molar-refractivity contribution in [3.8, 4) is 0 Å². The number of likely N-dealkylation sites (N-methyl/N-ethyl adjacent to an activating group) is 1. The Morgan fingerprint density at radius 1 is 1.30 bits per heavy atom. The van der Waals surface area contributed by atoms with Crippen LogP contribution in [0.2, 0.25) is 0 Å². The number of aliphatic carboxylic acids is 1. The Labute approximate surface area is 120 Å². The van der Waals surface area contributed by atoms with Gasteiger partial charge in [-0.1, -0.05) is 12.8 Å². The number of hydrogen-bond acceptors (Lipinski definition) is 3. The molecule has 0 radical (unpaired) electrons. The molecule has 114 valence electrons.